The third-order valence-electron chi connectivity index (χ3n) is 3.00. The molecular formula is C13H25N3O. The van der Waals surface area contributed by atoms with Gasteiger partial charge in [0.25, 0.3) is 0 Å². The van der Waals surface area contributed by atoms with E-state index in [0.717, 1.165) is 38.0 Å². The lowest BCUT2D eigenvalue weighted by molar-refractivity contribution is 0.254. The Bertz CT molecular complexity index is 316. The molecule has 17 heavy (non-hydrogen) atoms. The summed E-state index contributed by atoms with van der Waals surface area (Å²) in [5.41, 5.74) is 2.43. The number of hydrogen-bond donors (Lipinski definition) is 2. The van der Waals surface area contributed by atoms with Crippen molar-refractivity contribution in [3.05, 3.63) is 17.5 Å². The Morgan fingerprint density at radius 1 is 1.35 bits per heavy atom. The molecule has 0 saturated heterocycles. The van der Waals surface area contributed by atoms with Gasteiger partial charge in [-0.15, -0.1) is 0 Å². The van der Waals surface area contributed by atoms with Crippen LogP contribution in [0.3, 0.4) is 0 Å². The van der Waals surface area contributed by atoms with E-state index in [1.807, 2.05) is 0 Å². The first-order valence-corrected chi connectivity index (χ1v) is 6.64. The zero-order chi connectivity index (χ0) is 12.7. The predicted octanol–water partition coefficient (Wildman–Crippen LogP) is 1.37. The molecule has 0 aromatic carbocycles. The molecule has 1 heterocycles. The Hall–Kier alpha value is -0.870. The van der Waals surface area contributed by atoms with E-state index in [4.69, 9.17) is 5.11 Å². The number of aromatic nitrogens is 2. The highest BCUT2D eigenvalue weighted by molar-refractivity contribution is 5.10. The maximum Gasteiger partial charge on any atom is 0.0624 e. The summed E-state index contributed by atoms with van der Waals surface area (Å²) in [6, 6.07) is 2.49. The van der Waals surface area contributed by atoms with Gasteiger partial charge in [0.1, 0.15) is 0 Å². The SMILES string of the molecule is CCNC(CCO)Cn1nc(CC)cc1CC. The van der Waals surface area contributed by atoms with Gasteiger partial charge in [-0.25, -0.2) is 0 Å². The fourth-order valence-electron chi connectivity index (χ4n) is 2.04. The minimum absolute atomic E-state index is 0.223. The maximum absolute atomic E-state index is 9.05. The molecule has 0 radical (unpaired) electrons. The van der Waals surface area contributed by atoms with Crippen molar-refractivity contribution in [2.75, 3.05) is 13.2 Å². The van der Waals surface area contributed by atoms with Gasteiger partial charge in [-0.3, -0.25) is 4.68 Å². The number of nitrogens with zero attached hydrogens (tertiary/aromatic N) is 2. The van der Waals surface area contributed by atoms with Gasteiger partial charge < -0.3 is 10.4 Å². The van der Waals surface area contributed by atoms with E-state index >= 15 is 0 Å². The molecule has 4 nitrogen and oxygen atoms in total. The van der Waals surface area contributed by atoms with Gasteiger partial charge in [-0.2, -0.15) is 5.10 Å². The molecule has 98 valence electrons. The molecule has 0 aliphatic carbocycles. The van der Waals surface area contributed by atoms with Crippen molar-refractivity contribution in [2.24, 2.45) is 0 Å². The molecule has 1 unspecified atom stereocenters. The lowest BCUT2D eigenvalue weighted by Crippen LogP contribution is -2.34. The monoisotopic (exact) mass is 239 g/mol. The van der Waals surface area contributed by atoms with E-state index in [2.05, 4.69) is 41.9 Å². The molecule has 0 fully saturated rings. The summed E-state index contributed by atoms with van der Waals surface area (Å²) in [6.45, 7) is 8.36. The Labute approximate surface area is 104 Å². The molecule has 0 saturated carbocycles. The highest BCUT2D eigenvalue weighted by atomic mass is 16.3. The van der Waals surface area contributed by atoms with E-state index < -0.39 is 0 Å². The van der Waals surface area contributed by atoms with Crippen LogP contribution in [-0.4, -0.2) is 34.1 Å². The van der Waals surface area contributed by atoms with Gasteiger partial charge in [-0.05, 0) is 31.9 Å². The Morgan fingerprint density at radius 3 is 2.65 bits per heavy atom. The number of likely N-dealkylation sites (N-methyl/N-ethyl adjacent to an activating group) is 1. The number of nitrogens with one attached hydrogen (secondary N) is 1. The van der Waals surface area contributed by atoms with Gasteiger partial charge >= 0.3 is 0 Å². The zero-order valence-electron chi connectivity index (χ0n) is 11.2. The molecule has 4 heteroatoms. The lowest BCUT2D eigenvalue weighted by atomic mass is 10.2. The van der Waals surface area contributed by atoms with Crippen LogP contribution in [0.1, 0.15) is 38.6 Å². The number of aliphatic hydroxyl groups excluding tert-OH is 1. The third-order valence-corrected chi connectivity index (χ3v) is 3.00. The van der Waals surface area contributed by atoms with Gasteiger partial charge in [0.2, 0.25) is 0 Å². The highest BCUT2D eigenvalue weighted by Crippen LogP contribution is 2.08. The summed E-state index contributed by atoms with van der Waals surface area (Å²) in [6.07, 6.45) is 2.76. The van der Waals surface area contributed by atoms with Crippen molar-refractivity contribution in [3.8, 4) is 0 Å². The summed E-state index contributed by atoms with van der Waals surface area (Å²) in [5, 5.41) is 17.0. The molecule has 1 rings (SSSR count). The Balaban J connectivity index is 2.72. The van der Waals surface area contributed by atoms with Crippen LogP contribution in [0.15, 0.2) is 6.07 Å². The van der Waals surface area contributed by atoms with Gasteiger partial charge in [0, 0.05) is 18.3 Å². The predicted molar refractivity (Wildman–Crippen MR) is 70.2 cm³/mol. The van der Waals surface area contributed by atoms with Crippen LogP contribution in [0.5, 0.6) is 0 Å². The number of hydrogen-bond acceptors (Lipinski definition) is 3. The summed E-state index contributed by atoms with van der Waals surface area (Å²) in [7, 11) is 0. The second-order valence-electron chi connectivity index (χ2n) is 4.28. The molecule has 0 bridgehead atoms. The Morgan fingerprint density at radius 2 is 2.12 bits per heavy atom. The fourth-order valence-corrected chi connectivity index (χ4v) is 2.04. The standard InChI is InChI=1S/C13H25N3O/c1-4-11-9-13(5-2)16(15-11)10-12(7-8-17)14-6-3/h9,12,14,17H,4-8,10H2,1-3H3. The summed E-state index contributed by atoms with van der Waals surface area (Å²) in [4.78, 5) is 0. The second kappa shape index (κ2) is 7.45. The molecule has 0 amide bonds. The van der Waals surface area contributed by atoms with Crippen molar-refractivity contribution in [1.29, 1.82) is 0 Å². The quantitative estimate of drug-likeness (QED) is 0.720. The highest BCUT2D eigenvalue weighted by Gasteiger charge is 2.11. The normalized spacial score (nSPS) is 12.9. The topological polar surface area (TPSA) is 50.1 Å². The maximum atomic E-state index is 9.05. The first-order valence-electron chi connectivity index (χ1n) is 6.64. The van der Waals surface area contributed by atoms with Crippen LogP contribution < -0.4 is 5.32 Å². The summed E-state index contributed by atoms with van der Waals surface area (Å²) < 4.78 is 2.09. The van der Waals surface area contributed by atoms with Crippen LogP contribution in [-0.2, 0) is 19.4 Å². The first kappa shape index (κ1) is 14.2. The Kier molecular flexibility index (Phi) is 6.22. The molecule has 0 aliphatic rings. The average molecular weight is 239 g/mol. The molecule has 0 spiro atoms. The van der Waals surface area contributed by atoms with Gasteiger partial charge in [-0.1, -0.05) is 20.8 Å². The minimum Gasteiger partial charge on any atom is -0.396 e. The number of aliphatic hydroxyl groups is 1. The van der Waals surface area contributed by atoms with E-state index in [9.17, 15) is 0 Å². The minimum atomic E-state index is 0.223. The van der Waals surface area contributed by atoms with Crippen molar-refractivity contribution in [1.82, 2.24) is 15.1 Å². The smallest absolute Gasteiger partial charge is 0.0624 e. The van der Waals surface area contributed by atoms with E-state index in [1.54, 1.807) is 0 Å². The zero-order valence-corrected chi connectivity index (χ0v) is 11.2. The van der Waals surface area contributed by atoms with Crippen molar-refractivity contribution in [3.63, 3.8) is 0 Å². The number of aryl methyl sites for hydroxylation is 2. The molecular weight excluding hydrogens is 214 g/mol. The van der Waals surface area contributed by atoms with Gasteiger partial charge in [0.05, 0.1) is 12.2 Å². The van der Waals surface area contributed by atoms with Gasteiger partial charge in [0.15, 0.2) is 0 Å². The molecule has 0 aliphatic heterocycles. The molecule has 1 atom stereocenters. The third kappa shape index (κ3) is 4.13. The van der Waals surface area contributed by atoms with Crippen LogP contribution in [0.4, 0.5) is 0 Å². The van der Waals surface area contributed by atoms with Crippen molar-refractivity contribution in [2.45, 2.75) is 52.6 Å². The summed E-state index contributed by atoms with van der Waals surface area (Å²) in [5.74, 6) is 0. The van der Waals surface area contributed by atoms with Crippen molar-refractivity contribution < 1.29 is 5.11 Å². The molecule has 2 N–H and O–H groups in total. The van der Waals surface area contributed by atoms with Crippen LogP contribution >= 0.6 is 0 Å². The number of rotatable bonds is 8. The van der Waals surface area contributed by atoms with Crippen LogP contribution in [0.2, 0.25) is 0 Å². The van der Waals surface area contributed by atoms with Crippen LogP contribution in [0, 0.1) is 0 Å². The van der Waals surface area contributed by atoms with Crippen LogP contribution in [0.25, 0.3) is 0 Å². The molecule has 1 aromatic rings. The summed E-state index contributed by atoms with van der Waals surface area (Å²) >= 11 is 0. The fraction of sp³-hybridized carbons (Fsp3) is 0.769. The van der Waals surface area contributed by atoms with E-state index in [-0.39, 0.29) is 6.61 Å². The van der Waals surface area contributed by atoms with E-state index in [0.29, 0.717) is 6.04 Å². The van der Waals surface area contributed by atoms with E-state index in [1.165, 1.54) is 5.69 Å². The second-order valence-corrected chi connectivity index (χ2v) is 4.28. The first-order chi connectivity index (χ1) is 8.24. The largest absolute Gasteiger partial charge is 0.396 e. The average Bonchev–Trinajstić information content (AvgIpc) is 2.72. The lowest BCUT2D eigenvalue weighted by Gasteiger charge is -2.18. The molecule has 1 aromatic heterocycles. The van der Waals surface area contributed by atoms with Crippen molar-refractivity contribution >= 4 is 0 Å².